The van der Waals surface area contributed by atoms with Crippen LogP contribution in [0.1, 0.15) is 122 Å². The highest BCUT2D eigenvalue weighted by atomic mass is 32.2. The van der Waals surface area contributed by atoms with Crippen molar-refractivity contribution in [3.63, 3.8) is 0 Å². The maximum absolute atomic E-state index is 10.9. The van der Waals surface area contributed by atoms with Crippen molar-refractivity contribution in [3.05, 3.63) is 0 Å². The summed E-state index contributed by atoms with van der Waals surface area (Å²) in [6.45, 7) is 8.71. The van der Waals surface area contributed by atoms with Crippen molar-refractivity contribution in [2.45, 2.75) is 147 Å². The number of rotatable bonds is 31. The molecule has 10 heteroatoms. The average Bonchev–Trinajstić information content (AvgIpc) is 2.92. The molecule has 0 unspecified atom stereocenters. The highest BCUT2D eigenvalue weighted by Gasteiger charge is 2.33. The van der Waals surface area contributed by atoms with Gasteiger partial charge < -0.3 is 24.4 Å². The zero-order chi connectivity index (χ0) is 31.8. The smallest absolute Gasteiger partial charge is 0.264 e. The molecule has 0 spiro atoms. The van der Waals surface area contributed by atoms with Crippen LogP contribution in [0.3, 0.4) is 0 Å². The summed E-state index contributed by atoms with van der Waals surface area (Å²) in [7, 11) is -1.39. The van der Waals surface area contributed by atoms with Gasteiger partial charge in [0.1, 0.15) is 0 Å². The molecule has 42 heavy (non-hydrogen) atoms. The van der Waals surface area contributed by atoms with E-state index in [4.69, 9.17) is 8.98 Å². The first-order valence-corrected chi connectivity index (χ1v) is 21.9. The maximum Gasteiger partial charge on any atom is 0.264 e. The summed E-state index contributed by atoms with van der Waals surface area (Å²) in [5.41, 5.74) is -1.02. The summed E-state index contributed by atoms with van der Waals surface area (Å²) >= 11 is 0. The molecule has 0 aromatic heterocycles. The summed E-state index contributed by atoms with van der Waals surface area (Å²) in [6, 6.07) is 1.00. The molecule has 0 fully saturated rings. The van der Waals surface area contributed by atoms with E-state index in [0.29, 0.717) is 0 Å². The van der Waals surface area contributed by atoms with Crippen LogP contribution < -0.4 is 5.32 Å². The fourth-order valence-electron chi connectivity index (χ4n) is 5.45. The average molecular weight is 640 g/mol. The van der Waals surface area contributed by atoms with Crippen LogP contribution in [-0.4, -0.2) is 101 Å². The van der Waals surface area contributed by atoms with Gasteiger partial charge in [-0.2, -0.15) is 8.42 Å². The van der Waals surface area contributed by atoms with E-state index in [2.05, 4.69) is 39.4 Å². The number of nitrogens with zero attached hydrogens (tertiary/aromatic N) is 1. The predicted octanol–water partition coefficient (Wildman–Crippen LogP) is 6.53. The summed E-state index contributed by atoms with van der Waals surface area (Å²) in [4.78, 5) is 0. The Morgan fingerprint density at radius 1 is 0.714 bits per heavy atom. The Morgan fingerprint density at radius 3 is 1.57 bits per heavy atom. The molecule has 0 aromatic carbocycles. The Morgan fingerprint density at radius 2 is 1.14 bits per heavy atom. The normalized spacial score (nSPS) is 13.2. The first kappa shape index (κ1) is 41.9. The lowest BCUT2D eigenvalue weighted by molar-refractivity contribution is -0.890. The van der Waals surface area contributed by atoms with Gasteiger partial charge in [0.05, 0.1) is 58.3 Å². The fourth-order valence-corrected chi connectivity index (χ4v) is 7.78. The van der Waals surface area contributed by atoms with E-state index in [-0.39, 0.29) is 38.5 Å². The van der Waals surface area contributed by atoms with Crippen LogP contribution in [0.4, 0.5) is 0 Å². The van der Waals surface area contributed by atoms with Gasteiger partial charge in [0, 0.05) is 0 Å². The minimum Gasteiger partial charge on any atom is -0.415 e. The summed E-state index contributed by atoms with van der Waals surface area (Å²) < 4.78 is 38.0. The fraction of sp³-hybridized carbons (Fsp3) is 1.00. The molecular formula is C32H71N2O6SSi+. The minimum atomic E-state index is -4.02. The van der Waals surface area contributed by atoms with Crippen LogP contribution in [0, 0.1) is 0 Å². The molecule has 254 valence electrons. The highest BCUT2D eigenvalue weighted by molar-refractivity contribution is 7.85. The van der Waals surface area contributed by atoms with E-state index in [1.165, 1.54) is 109 Å². The predicted molar refractivity (Wildman–Crippen MR) is 180 cm³/mol. The van der Waals surface area contributed by atoms with Crippen LogP contribution in [-0.2, 0) is 14.5 Å². The topological polar surface area (TPSA) is 116 Å². The van der Waals surface area contributed by atoms with E-state index in [1.54, 1.807) is 0 Å². The van der Waals surface area contributed by atoms with E-state index >= 15 is 0 Å². The van der Waals surface area contributed by atoms with Crippen LogP contribution in [0.5, 0.6) is 0 Å². The van der Waals surface area contributed by atoms with E-state index in [9.17, 15) is 18.6 Å². The molecule has 0 rings (SSSR count). The monoisotopic (exact) mass is 639 g/mol. The van der Waals surface area contributed by atoms with Gasteiger partial charge in [-0.05, 0) is 51.4 Å². The second-order valence-corrected chi connectivity index (χ2v) is 19.9. The Hall–Kier alpha value is -0.0731. The highest BCUT2D eigenvalue weighted by Crippen LogP contribution is 2.19. The third-order valence-electron chi connectivity index (χ3n) is 8.58. The third kappa shape index (κ3) is 25.3. The zero-order valence-corrected chi connectivity index (χ0v) is 30.1. The largest absolute Gasteiger partial charge is 0.415 e. The number of aliphatic hydroxyl groups excluding tert-OH is 2. The number of unbranched alkanes of at least 4 members (excludes halogenated alkanes) is 15. The van der Waals surface area contributed by atoms with Crippen molar-refractivity contribution in [2.75, 3.05) is 59.3 Å². The third-order valence-corrected chi connectivity index (χ3v) is 11.9. The Kier molecular flexibility index (Phi) is 24.2. The molecule has 0 atom stereocenters. The second-order valence-electron chi connectivity index (χ2n) is 14.0. The SMILES string of the molecule is CCCCCCCCCCCCCCCCCC[N+](C)(C)CCC[Si](C)(C)OCC(CO)(CO)NCCCS(=O)(=O)O. The first-order chi connectivity index (χ1) is 19.8. The molecule has 0 saturated heterocycles. The van der Waals surface area contributed by atoms with E-state index < -0.39 is 24.0 Å². The van der Waals surface area contributed by atoms with Gasteiger partial charge in [-0.25, -0.2) is 0 Å². The molecule has 4 N–H and O–H groups in total. The van der Waals surface area contributed by atoms with Gasteiger partial charge in [0.2, 0.25) is 0 Å². The first-order valence-electron chi connectivity index (χ1n) is 17.2. The zero-order valence-electron chi connectivity index (χ0n) is 28.3. The number of hydrogen-bond donors (Lipinski definition) is 4. The number of aliphatic hydroxyl groups is 2. The summed E-state index contributed by atoms with van der Waals surface area (Å²) in [5.74, 6) is -0.360. The quantitative estimate of drug-likeness (QED) is 0.0295. The molecule has 0 aliphatic carbocycles. The van der Waals surface area contributed by atoms with Crippen molar-refractivity contribution < 1.29 is 32.1 Å². The molecular weight excluding hydrogens is 569 g/mol. The lowest BCUT2D eigenvalue weighted by atomic mass is 10.0. The lowest BCUT2D eigenvalue weighted by Crippen LogP contribution is -2.57. The number of hydrogen-bond acceptors (Lipinski definition) is 6. The molecule has 0 aromatic rings. The number of quaternary nitrogens is 1. The van der Waals surface area contributed by atoms with Gasteiger partial charge >= 0.3 is 0 Å². The molecule has 0 radical (unpaired) electrons. The Labute approximate surface area is 261 Å². The molecule has 0 bridgehead atoms. The van der Waals surface area contributed by atoms with Crippen molar-refractivity contribution in [2.24, 2.45) is 0 Å². The van der Waals surface area contributed by atoms with Crippen molar-refractivity contribution in [1.82, 2.24) is 5.32 Å². The minimum absolute atomic E-state index is 0.169. The second kappa shape index (κ2) is 24.2. The Balaban J connectivity index is 3.96. The maximum atomic E-state index is 10.9. The van der Waals surface area contributed by atoms with Crippen LogP contribution in [0.2, 0.25) is 19.1 Å². The standard InChI is InChI=1S/C32H70N2O6SSi/c1-6-7-8-9-10-11-12-13-14-15-16-17-18-19-20-21-25-34(2,3)26-23-28-42(4,5)40-31-32(29-35,30-36)33-24-22-27-41(37,38)39/h33,35-36H,6-31H2,1-5H3/p+1. The molecule has 8 nitrogen and oxygen atoms in total. The van der Waals surface area contributed by atoms with Crippen LogP contribution in [0.25, 0.3) is 0 Å². The molecule has 0 heterocycles. The molecule has 0 aliphatic rings. The van der Waals surface area contributed by atoms with E-state index in [0.717, 1.165) is 23.5 Å². The summed E-state index contributed by atoms with van der Waals surface area (Å²) in [6.07, 6.45) is 23.6. The molecule has 0 saturated carbocycles. The van der Waals surface area contributed by atoms with Crippen molar-refractivity contribution in [3.8, 4) is 0 Å². The number of nitrogens with one attached hydrogen (secondary N) is 1. The van der Waals surface area contributed by atoms with Gasteiger partial charge in [-0.1, -0.05) is 96.8 Å². The summed E-state index contributed by atoms with van der Waals surface area (Å²) in [5, 5.41) is 22.8. The van der Waals surface area contributed by atoms with Gasteiger partial charge in [-0.3, -0.25) is 4.55 Å². The molecule has 0 aliphatic heterocycles. The van der Waals surface area contributed by atoms with Crippen LogP contribution >= 0.6 is 0 Å². The van der Waals surface area contributed by atoms with Crippen molar-refractivity contribution >= 4 is 18.4 Å². The molecule has 0 amide bonds. The van der Waals surface area contributed by atoms with Crippen molar-refractivity contribution in [1.29, 1.82) is 0 Å². The lowest BCUT2D eigenvalue weighted by Gasteiger charge is -2.35. The van der Waals surface area contributed by atoms with Gasteiger partial charge in [0.15, 0.2) is 8.32 Å². The van der Waals surface area contributed by atoms with Gasteiger partial charge in [0.25, 0.3) is 10.1 Å². The van der Waals surface area contributed by atoms with E-state index in [1.807, 2.05) is 0 Å². The Bertz CT molecular complexity index is 733. The van der Waals surface area contributed by atoms with Crippen LogP contribution in [0.15, 0.2) is 0 Å². The van der Waals surface area contributed by atoms with Gasteiger partial charge in [-0.15, -0.1) is 0 Å².